The Morgan fingerprint density at radius 3 is 2.89 bits per heavy atom. The zero-order valence-corrected chi connectivity index (χ0v) is 9.38. The number of rotatable bonds is 4. The smallest absolute Gasteiger partial charge is 0.310 e. The van der Waals surface area contributed by atoms with Crippen molar-refractivity contribution in [3.8, 4) is 5.75 Å². The summed E-state index contributed by atoms with van der Waals surface area (Å²) in [6, 6.07) is 4.59. The highest BCUT2D eigenvalue weighted by molar-refractivity contribution is 5.87. The van der Waals surface area contributed by atoms with Crippen LogP contribution in [0.15, 0.2) is 28.9 Å². The number of furan rings is 1. The topological polar surface area (TPSA) is 103 Å². The number of ether oxygens (including phenoxy) is 1. The summed E-state index contributed by atoms with van der Waals surface area (Å²) in [6.45, 7) is -0.435. The second-order valence-corrected chi connectivity index (χ2v) is 3.75. The third-order valence-electron chi connectivity index (χ3n) is 2.35. The average molecular weight is 249 g/mol. The number of primary amides is 1. The van der Waals surface area contributed by atoms with Gasteiger partial charge in [-0.2, -0.15) is 0 Å². The molecule has 6 heteroatoms. The first kappa shape index (κ1) is 12.0. The summed E-state index contributed by atoms with van der Waals surface area (Å²) < 4.78 is 9.84. The summed E-state index contributed by atoms with van der Waals surface area (Å²) in [5, 5.41) is 9.98. The standard InChI is InChI=1S/C12H11NO5/c13-11(15)6-18-12(16)3-7-5-17-10-4-8(14)1-2-9(7)10/h1-2,4-5,14H,3,6H2,(H2,13,15). The van der Waals surface area contributed by atoms with Gasteiger partial charge < -0.3 is 20.0 Å². The molecule has 6 nitrogen and oxygen atoms in total. The number of carbonyl (C=O) groups is 2. The summed E-state index contributed by atoms with van der Waals surface area (Å²) in [5.41, 5.74) is 5.96. The lowest BCUT2D eigenvalue weighted by atomic mass is 10.1. The molecule has 3 N–H and O–H groups in total. The molecule has 0 unspecified atom stereocenters. The summed E-state index contributed by atoms with van der Waals surface area (Å²) in [7, 11) is 0. The number of phenols is 1. The van der Waals surface area contributed by atoms with E-state index in [-0.39, 0.29) is 12.2 Å². The molecule has 0 saturated heterocycles. The van der Waals surface area contributed by atoms with Crippen LogP contribution in [0, 0.1) is 0 Å². The van der Waals surface area contributed by atoms with Gasteiger partial charge in [0.15, 0.2) is 6.61 Å². The van der Waals surface area contributed by atoms with Crippen LogP contribution < -0.4 is 5.73 Å². The number of benzene rings is 1. The Labute approximate surface area is 102 Å². The van der Waals surface area contributed by atoms with Crippen molar-refractivity contribution in [1.29, 1.82) is 0 Å². The largest absolute Gasteiger partial charge is 0.508 e. The number of hydrogen-bond acceptors (Lipinski definition) is 5. The number of phenolic OH excluding ortho intramolecular Hbond substituents is 1. The number of nitrogens with two attached hydrogens (primary N) is 1. The minimum Gasteiger partial charge on any atom is -0.508 e. The lowest BCUT2D eigenvalue weighted by Gasteiger charge is -2.00. The minimum atomic E-state index is -0.703. The second-order valence-electron chi connectivity index (χ2n) is 3.75. The van der Waals surface area contributed by atoms with Gasteiger partial charge in [0, 0.05) is 17.0 Å². The van der Waals surface area contributed by atoms with Crippen molar-refractivity contribution in [2.75, 3.05) is 6.61 Å². The predicted molar refractivity (Wildman–Crippen MR) is 61.7 cm³/mol. The van der Waals surface area contributed by atoms with Gasteiger partial charge in [-0.1, -0.05) is 0 Å². The first-order chi connectivity index (χ1) is 8.56. The lowest BCUT2D eigenvalue weighted by molar-refractivity contribution is -0.147. The molecule has 0 fully saturated rings. The molecule has 2 aromatic rings. The van der Waals surface area contributed by atoms with Crippen molar-refractivity contribution in [3.63, 3.8) is 0 Å². The average Bonchev–Trinajstić information content (AvgIpc) is 2.69. The van der Waals surface area contributed by atoms with E-state index in [0.717, 1.165) is 0 Å². The van der Waals surface area contributed by atoms with Crippen molar-refractivity contribution in [3.05, 3.63) is 30.0 Å². The van der Waals surface area contributed by atoms with Gasteiger partial charge >= 0.3 is 5.97 Å². The molecule has 0 spiro atoms. The van der Waals surface area contributed by atoms with Crippen LogP contribution in [0.25, 0.3) is 11.0 Å². The van der Waals surface area contributed by atoms with Crippen LogP contribution in [0.4, 0.5) is 0 Å². The second kappa shape index (κ2) is 4.79. The Morgan fingerprint density at radius 1 is 1.39 bits per heavy atom. The van der Waals surface area contributed by atoms with E-state index in [9.17, 15) is 14.7 Å². The van der Waals surface area contributed by atoms with Crippen molar-refractivity contribution in [2.24, 2.45) is 5.73 Å². The highest BCUT2D eigenvalue weighted by Crippen LogP contribution is 2.25. The normalized spacial score (nSPS) is 10.4. The Kier molecular flexibility index (Phi) is 3.18. The Hall–Kier alpha value is -2.50. The van der Waals surface area contributed by atoms with Crippen LogP contribution in [0.3, 0.4) is 0 Å². The molecule has 94 valence electrons. The van der Waals surface area contributed by atoms with E-state index in [1.165, 1.54) is 18.4 Å². The molecule has 18 heavy (non-hydrogen) atoms. The van der Waals surface area contributed by atoms with Gasteiger partial charge in [-0.15, -0.1) is 0 Å². The summed E-state index contributed by atoms with van der Waals surface area (Å²) in [6.07, 6.45) is 1.39. The van der Waals surface area contributed by atoms with Crippen molar-refractivity contribution in [1.82, 2.24) is 0 Å². The Morgan fingerprint density at radius 2 is 2.17 bits per heavy atom. The maximum atomic E-state index is 11.4. The van der Waals surface area contributed by atoms with E-state index in [1.54, 1.807) is 6.07 Å². The van der Waals surface area contributed by atoms with E-state index in [0.29, 0.717) is 16.5 Å². The summed E-state index contributed by atoms with van der Waals surface area (Å²) >= 11 is 0. The highest BCUT2D eigenvalue weighted by atomic mass is 16.5. The lowest BCUT2D eigenvalue weighted by Crippen LogP contribution is -2.21. The van der Waals surface area contributed by atoms with Crippen molar-refractivity contribution < 1.29 is 23.8 Å². The fourth-order valence-electron chi connectivity index (χ4n) is 1.57. The number of hydrogen-bond donors (Lipinski definition) is 2. The number of fused-ring (bicyclic) bond motifs is 1. The molecule has 0 saturated carbocycles. The molecule has 2 rings (SSSR count). The molecule has 1 aromatic carbocycles. The fraction of sp³-hybridized carbons (Fsp3) is 0.167. The molecule has 0 radical (unpaired) electrons. The van der Waals surface area contributed by atoms with Gasteiger partial charge in [-0.25, -0.2) is 0 Å². The minimum absolute atomic E-state index is 0.0228. The predicted octanol–water partition coefficient (Wildman–Crippen LogP) is 0.709. The fourth-order valence-corrected chi connectivity index (χ4v) is 1.57. The van der Waals surface area contributed by atoms with Crippen molar-refractivity contribution in [2.45, 2.75) is 6.42 Å². The quantitative estimate of drug-likeness (QED) is 0.777. The van der Waals surface area contributed by atoms with Crippen LogP contribution in [0.1, 0.15) is 5.56 Å². The highest BCUT2D eigenvalue weighted by Gasteiger charge is 2.12. The first-order valence-corrected chi connectivity index (χ1v) is 5.19. The monoisotopic (exact) mass is 249 g/mol. The van der Waals surface area contributed by atoms with E-state index < -0.39 is 18.5 Å². The number of esters is 1. The van der Waals surface area contributed by atoms with Gasteiger partial charge in [0.25, 0.3) is 5.91 Å². The maximum absolute atomic E-state index is 11.4. The Balaban J connectivity index is 2.12. The van der Waals surface area contributed by atoms with Crippen LogP contribution in [0.2, 0.25) is 0 Å². The van der Waals surface area contributed by atoms with E-state index in [1.807, 2.05) is 0 Å². The molecule has 1 heterocycles. The third kappa shape index (κ3) is 2.60. The van der Waals surface area contributed by atoms with Gasteiger partial charge in [0.2, 0.25) is 0 Å². The molecular weight excluding hydrogens is 238 g/mol. The van der Waals surface area contributed by atoms with E-state index >= 15 is 0 Å². The van der Waals surface area contributed by atoms with E-state index in [4.69, 9.17) is 10.2 Å². The molecular formula is C12H11NO5. The number of amides is 1. The van der Waals surface area contributed by atoms with Crippen LogP contribution in [-0.2, 0) is 20.7 Å². The zero-order chi connectivity index (χ0) is 13.1. The third-order valence-corrected chi connectivity index (χ3v) is 2.35. The molecule has 0 aliphatic heterocycles. The first-order valence-electron chi connectivity index (χ1n) is 5.19. The van der Waals surface area contributed by atoms with E-state index in [2.05, 4.69) is 4.74 Å². The molecule has 1 aromatic heterocycles. The maximum Gasteiger partial charge on any atom is 0.310 e. The zero-order valence-electron chi connectivity index (χ0n) is 9.38. The number of carbonyl (C=O) groups excluding carboxylic acids is 2. The van der Waals surface area contributed by atoms with Gasteiger partial charge in [-0.3, -0.25) is 9.59 Å². The summed E-state index contributed by atoms with van der Waals surface area (Å²) in [4.78, 5) is 21.9. The summed E-state index contributed by atoms with van der Waals surface area (Å²) in [5.74, 6) is -1.19. The number of aromatic hydroxyl groups is 1. The van der Waals surface area contributed by atoms with Gasteiger partial charge in [0.05, 0.1) is 12.7 Å². The SMILES string of the molecule is NC(=O)COC(=O)Cc1coc2cc(O)ccc12. The molecule has 0 bridgehead atoms. The molecule has 0 aliphatic rings. The Bertz CT molecular complexity index is 602. The molecule has 0 atom stereocenters. The van der Waals surface area contributed by atoms with Crippen LogP contribution in [-0.4, -0.2) is 23.6 Å². The van der Waals surface area contributed by atoms with Gasteiger partial charge in [-0.05, 0) is 12.1 Å². The molecule has 1 amide bonds. The van der Waals surface area contributed by atoms with Gasteiger partial charge in [0.1, 0.15) is 11.3 Å². The van der Waals surface area contributed by atoms with Crippen LogP contribution >= 0.6 is 0 Å². The van der Waals surface area contributed by atoms with Crippen molar-refractivity contribution >= 4 is 22.8 Å². The van der Waals surface area contributed by atoms with Crippen LogP contribution in [0.5, 0.6) is 5.75 Å². The molecule has 0 aliphatic carbocycles.